The highest BCUT2D eigenvalue weighted by Crippen LogP contribution is 2.69. The molecule has 2 fully saturated rings. The van der Waals surface area contributed by atoms with E-state index in [2.05, 4.69) is 36.9 Å². The summed E-state index contributed by atoms with van der Waals surface area (Å²) in [7, 11) is 0. The van der Waals surface area contributed by atoms with Gasteiger partial charge in [0.1, 0.15) is 0 Å². The SMILES string of the molecule is FC(F)CCC(CCC(c1sccc1Br)n1ccnc1)C12CCCC1C2. The van der Waals surface area contributed by atoms with Crippen molar-refractivity contribution < 1.29 is 8.78 Å². The summed E-state index contributed by atoms with van der Waals surface area (Å²) < 4.78 is 29.1. The first-order valence-corrected chi connectivity index (χ1v) is 11.3. The Kier molecular flexibility index (Phi) is 5.51. The van der Waals surface area contributed by atoms with E-state index in [1.807, 2.05) is 18.7 Å². The highest BCUT2D eigenvalue weighted by Gasteiger charge is 2.60. The third kappa shape index (κ3) is 3.64. The van der Waals surface area contributed by atoms with Crippen LogP contribution in [0, 0.1) is 17.3 Å². The number of alkyl halides is 2. The minimum absolute atomic E-state index is 0.0531. The summed E-state index contributed by atoms with van der Waals surface area (Å²) in [5.74, 6) is 1.25. The number of thiophene rings is 1. The maximum Gasteiger partial charge on any atom is 0.238 e. The fourth-order valence-corrected chi connectivity index (χ4v) is 7.08. The lowest BCUT2D eigenvalue weighted by molar-refractivity contribution is 0.114. The van der Waals surface area contributed by atoms with Crippen LogP contribution >= 0.6 is 27.3 Å². The van der Waals surface area contributed by atoms with Gasteiger partial charge in [0.2, 0.25) is 6.43 Å². The molecule has 2 aromatic rings. The Morgan fingerprint density at radius 2 is 2.15 bits per heavy atom. The summed E-state index contributed by atoms with van der Waals surface area (Å²) in [5, 5.41) is 2.10. The molecule has 0 radical (unpaired) electrons. The van der Waals surface area contributed by atoms with Crippen molar-refractivity contribution in [2.24, 2.45) is 17.3 Å². The van der Waals surface area contributed by atoms with Crippen molar-refractivity contribution in [1.29, 1.82) is 0 Å². The van der Waals surface area contributed by atoms with Gasteiger partial charge in [-0.05, 0) is 83.2 Å². The van der Waals surface area contributed by atoms with Crippen LogP contribution in [0.5, 0.6) is 0 Å². The number of hydrogen-bond donors (Lipinski definition) is 0. The van der Waals surface area contributed by atoms with Crippen LogP contribution in [0.2, 0.25) is 0 Å². The first-order chi connectivity index (χ1) is 12.6. The molecule has 0 amide bonds. The van der Waals surface area contributed by atoms with Crippen molar-refractivity contribution in [3.63, 3.8) is 0 Å². The average Bonchev–Trinajstić information content (AvgIpc) is 3.08. The first kappa shape index (κ1) is 18.6. The number of hydrogen-bond acceptors (Lipinski definition) is 2. The van der Waals surface area contributed by atoms with Gasteiger partial charge in [-0.25, -0.2) is 13.8 Å². The summed E-state index contributed by atoms with van der Waals surface area (Å²) in [4.78, 5) is 5.52. The molecule has 142 valence electrons. The number of halogens is 3. The van der Waals surface area contributed by atoms with Gasteiger partial charge in [-0.2, -0.15) is 0 Å². The minimum Gasteiger partial charge on any atom is -0.329 e. The van der Waals surface area contributed by atoms with Crippen LogP contribution in [0.25, 0.3) is 0 Å². The van der Waals surface area contributed by atoms with Gasteiger partial charge < -0.3 is 4.57 Å². The lowest BCUT2D eigenvalue weighted by atomic mass is 9.79. The molecule has 4 rings (SSSR count). The van der Waals surface area contributed by atoms with E-state index in [0.29, 0.717) is 17.8 Å². The normalized spacial score (nSPS) is 26.8. The molecule has 2 aliphatic carbocycles. The van der Waals surface area contributed by atoms with Crippen LogP contribution in [0.4, 0.5) is 8.78 Å². The fraction of sp³-hybridized carbons (Fsp3) is 0.650. The number of fused-ring (bicyclic) bond motifs is 1. The Morgan fingerprint density at radius 3 is 2.73 bits per heavy atom. The second-order valence-electron chi connectivity index (χ2n) is 7.93. The molecule has 0 saturated heterocycles. The zero-order valence-corrected chi connectivity index (χ0v) is 17.2. The van der Waals surface area contributed by atoms with Gasteiger partial charge in [0.15, 0.2) is 0 Å². The molecule has 26 heavy (non-hydrogen) atoms. The third-order valence-electron chi connectivity index (χ3n) is 6.64. The van der Waals surface area contributed by atoms with Crippen LogP contribution in [0.1, 0.15) is 62.3 Å². The standard InChI is InChI=1S/C20H25BrF2N2S/c21-16-7-11-26-19(16)17(25-10-9-24-13-25)5-3-14(4-6-18(22)23)20-8-1-2-15(20)12-20/h7,9-11,13-15,17-18H,1-6,8,12H2. The molecule has 0 N–H and O–H groups in total. The van der Waals surface area contributed by atoms with Gasteiger partial charge >= 0.3 is 0 Å². The van der Waals surface area contributed by atoms with Gasteiger partial charge in [0.25, 0.3) is 0 Å². The molecule has 2 aromatic heterocycles. The quantitative estimate of drug-likeness (QED) is 0.411. The number of nitrogens with zero attached hydrogens (tertiary/aromatic N) is 2. The predicted molar refractivity (Wildman–Crippen MR) is 105 cm³/mol. The molecule has 4 atom stereocenters. The van der Waals surface area contributed by atoms with Gasteiger partial charge in [-0.3, -0.25) is 0 Å². The first-order valence-electron chi connectivity index (χ1n) is 9.58. The van der Waals surface area contributed by atoms with Crippen molar-refractivity contribution >= 4 is 27.3 Å². The number of imidazole rings is 1. The van der Waals surface area contributed by atoms with E-state index >= 15 is 0 Å². The Bertz CT molecular complexity index is 717. The van der Waals surface area contributed by atoms with E-state index in [1.165, 1.54) is 30.6 Å². The molecule has 0 bridgehead atoms. The Morgan fingerprint density at radius 1 is 1.31 bits per heavy atom. The topological polar surface area (TPSA) is 17.8 Å². The van der Waals surface area contributed by atoms with Crippen LogP contribution in [0.3, 0.4) is 0 Å². The fourth-order valence-electron chi connectivity index (χ4n) is 5.30. The van der Waals surface area contributed by atoms with Crippen molar-refractivity contribution in [3.8, 4) is 0 Å². The molecular weight excluding hydrogens is 418 g/mol. The lowest BCUT2D eigenvalue weighted by Crippen LogP contribution is -2.19. The summed E-state index contributed by atoms with van der Waals surface area (Å²) in [6.07, 6.45) is 11.4. The second kappa shape index (κ2) is 7.70. The third-order valence-corrected chi connectivity index (χ3v) is 8.61. The maximum atomic E-state index is 12.9. The van der Waals surface area contributed by atoms with Crippen molar-refractivity contribution in [2.75, 3.05) is 0 Å². The van der Waals surface area contributed by atoms with E-state index in [4.69, 9.17) is 0 Å². The molecule has 0 aliphatic heterocycles. The summed E-state index contributed by atoms with van der Waals surface area (Å²) in [6, 6.07) is 2.32. The summed E-state index contributed by atoms with van der Waals surface area (Å²) >= 11 is 5.42. The molecule has 0 aromatic carbocycles. The van der Waals surface area contributed by atoms with E-state index < -0.39 is 6.43 Å². The van der Waals surface area contributed by atoms with Gasteiger partial charge in [0, 0.05) is 28.2 Å². The zero-order valence-electron chi connectivity index (χ0n) is 14.8. The average molecular weight is 443 g/mol. The molecule has 2 nitrogen and oxygen atoms in total. The molecule has 0 spiro atoms. The van der Waals surface area contributed by atoms with Gasteiger partial charge in [-0.1, -0.05) is 6.42 Å². The van der Waals surface area contributed by atoms with Crippen molar-refractivity contribution in [3.05, 3.63) is 39.5 Å². The molecular formula is C20H25BrF2N2S. The maximum absolute atomic E-state index is 12.9. The summed E-state index contributed by atoms with van der Waals surface area (Å²) in [6.45, 7) is 0. The predicted octanol–water partition coefficient (Wildman–Crippen LogP) is 6.93. The van der Waals surface area contributed by atoms with Crippen LogP contribution < -0.4 is 0 Å². The van der Waals surface area contributed by atoms with Crippen molar-refractivity contribution in [2.45, 2.75) is 63.8 Å². The smallest absolute Gasteiger partial charge is 0.238 e. The highest BCUT2D eigenvalue weighted by atomic mass is 79.9. The second-order valence-corrected chi connectivity index (χ2v) is 9.73. The van der Waals surface area contributed by atoms with E-state index in [1.54, 1.807) is 11.3 Å². The molecule has 2 heterocycles. The monoisotopic (exact) mass is 442 g/mol. The van der Waals surface area contributed by atoms with E-state index in [-0.39, 0.29) is 12.5 Å². The van der Waals surface area contributed by atoms with E-state index in [9.17, 15) is 8.78 Å². The Hall–Kier alpha value is -0.750. The van der Waals surface area contributed by atoms with Gasteiger partial charge in [0.05, 0.1) is 12.4 Å². The number of aromatic nitrogens is 2. The number of rotatable bonds is 9. The largest absolute Gasteiger partial charge is 0.329 e. The zero-order chi connectivity index (χ0) is 18.1. The minimum atomic E-state index is -2.18. The Balaban J connectivity index is 1.50. The molecule has 2 aliphatic rings. The molecule has 6 heteroatoms. The highest BCUT2D eigenvalue weighted by molar-refractivity contribution is 9.10. The van der Waals surface area contributed by atoms with Gasteiger partial charge in [-0.15, -0.1) is 11.3 Å². The van der Waals surface area contributed by atoms with E-state index in [0.717, 1.165) is 23.2 Å². The van der Waals surface area contributed by atoms with Crippen LogP contribution in [-0.4, -0.2) is 16.0 Å². The summed E-state index contributed by atoms with van der Waals surface area (Å²) in [5.41, 5.74) is 0.390. The lowest BCUT2D eigenvalue weighted by Gasteiger charge is -2.28. The van der Waals surface area contributed by atoms with Crippen LogP contribution in [0.15, 0.2) is 34.6 Å². The van der Waals surface area contributed by atoms with Crippen LogP contribution in [-0.2, 0) is 0 Å². The Labute approximate surface area is 166 Å². The molecule has 4 unspecified atom stereocenters. The van der Waals surface area contributed by atoms with Crippen molar-refractivity contribution in [1.82, 2.24) is 9.55 Å². The molecule has 2 saturated carbocycles.